The van der Waals surface area contributed by atoms with Crippen molar-refractivity contribution in [3.8, 4) is 11.5 Å². The van der Waals surface area contributed by atoms with Crippen LogP contribution < -0.4 is 14.8 Å². The molecule has 1 atom stereocenters. The monoisotopic (exact) mass is 408 g/mol. The number of aromatic nitrogens is 2. The molecule has 8 heteroatoms. The first-order valence-electron chi connectivity index (χ1n) is 9.77. The first kappa shape index (κ1) is 19.9. The van der Waals surface area contributed by atoms with Crippen LogP contribution in [0.5, 0.6) is 11.5 Å². The van der Waals surface area contributed by atoms with Crippen molar-refractivity contribution < 1.29 is 18.8 Å². The van der Waals surface area contributed by atoms with Gasteiger partial charge in [-0.3, -0.25) is 9.69 Å². The first-order valence-corrected chi connectivity index (χ1v) is 9.77. The summed E-state index contributed by atoms with van der Waals surface area (Å²) in [5.74, 6) is 2.34. The number of rotatable bonds is 7. The Kier molecular flexibility index (Phi) is 5.94. The predicted octanol–water partition coefficient (Wildman–Crippen LogP) is 2.33. The third kappa shape index (κ3) is 4.44. The van der Waals surface area contributed by atoms with Gasteiger partial charge in [-0.05, 0) is 41.8 Å². The molecule has 30 heavy (non-hydrogen) atoms. The van der Waals surface area contributed by atoms with E-state index in [4.69, 9.17) is 14.0 Å². The maximum atomic E-state index is 12.4. The van der Waals surface area contributed by atoms with Gasteiger partial charge in [0.15, 0.2) is 6.61 Å². The third-order valence-electron chi connectivity index (χ3n) is 5.17. The van der Waals surface area contributed by atoms with Crippen molar-refractivity contribution >= 4 is 5.91 Å². The van der Waals surface area contributed by atoms with E-state index in [1.807, 2.05) is 36.4 Å². The van der Waals surface area contributed by atoms with Crippen LogP contribution in [0.1, 0.15) is 22.8 Å². The highest BCUT2D eigenvalue weighted by Gasteiger charge is 2.32. The first-order chi connectivity index (χ1) is 14.7. The molecule has 1 aromatic heterocycles. The van der Waals surface area contributed by atoms with E-state index in [1.54, 1.807) is 14.2 Å². The molecular formula is C22H24N4O4. The van der Waals surface area contributed by atoms with Crippen molar-refractivity contribution in [1.82, 2.24) is 20.4 Å². The van der Waals surface area contributed by atoms with E-state index in [1.165, 1.54) is 11.1 Å². The van der Waals surface area contributed by atoms with Crippen molar-refractivity contribution in [1.29, 1.82) is 0 Å². The summed E-state index contributed by atoms with van der Waals surface area (Å²) in [5.41, 5.74) is 2.40. The van der Waals surface area contributed by atoms with Crippen LogP contribution in [0.2, 0.25) is 0 Å². The number of methoxy groups -OCH3 is 1. The van der Waals surface area contributed by atoms with Gasteiger partial charge in [0, 0.05) is 13.6 Å². The minimum absolute atomic E-state index is 0.0212. The number of benzene rings is 2. The highest BCUT2D eigenvalue weighted by Crippen LogP contribution is 2.25. The van der Waals surface area contributed by atoms with Crippen molar-refractivity contribution in [2.75, 3.05) is 14.2 Å². The molecule has 4 rings (SSSR count). The van der Waals surface area contributed by atoms with E-state index in [2.05, 4.69) is 32.5 Å². The highest BCUT2D eigenvalue weighted by molar-refractivity contribution is 5.82. The Morgan fingerprint density at radius 2 is 1.90 bits per heavy atom. The number of carbonyl (C=O) groups excluding carboxylic acids is 1. The molecule has 0 saturated heterocycles. The van der Waals surface area contributed by atoms with Crippen LogP contribution in [-0.4, -0.2) is 41.1 Å². The molecule has 1 unspecified atom stereocenters. The van der Waals surface area contributed by atoms with Gasteiger partial charge in [-0.1, -0.05) is 29.4 Å². The highest BCUT2D eigenvalue weighted by atomic mass is 16.5. The summed E-state index contributed by atoms with van der Waals surface area (Å²) in [7, 11) is 3.27. The molecule has 0 saturated carbocycles. The Balaban J connectivity index is 1.41. The van der Waals surface area contributed by atoms with Crippen LogP contribution in [-0.2, 0) is 30.9 Å². The Morgan fingerprint density at radius 3 is 2.63 bits per heavy atom. The van der Waals surface area contributed by atoms with Gasteiger partial charge in [0.05, 0.1) is 19.7 Å². The van der Waals surface area contributed by atoms with Gasteiger partial charge < -0.3 is 19.3 Å². The minimum Gasteiger partial charge on any atom is -0.497 e. The summed E-state index contributed by atoms with van der Waals surface area (Å²) in [6.07, 6.45) is 0.650. The van der Waals surface area contributed by atoms with Gasteiger partial charge in [-0.2, -0.15) is 4.98 Å². The smallest absolute Gasteiger partial charge is 0.240 e. The lowest BCUT2D eigenvalue weighted by molar-refractivity contribution is -0.127. The van der Waals surface area contributed by atoms with Crippen molar-refractivity contribution in [2.24, 2.45) is 0 Å². The third-order valence-corrected chi connectivity index (χ3v) is 5.17. The number of amides is 1. The second-order valence-electron chi connectivity index (χ2n) is 7.08. The zero-order chi connectivity index (χ0) is 20.9. The molecule has 0 bridgehead atoms. The number of nitrogens with one attached hydrogen (secondary N) is 1. The van der Waals surface area contributed by atoms with Gasteiger partial charge in [0.25, 0.3) is 0 Å². The normalized spacial score (nSPS) is 16.0. The fourth-order valence-corrected chi connectivity index (χ4v) is 3.58. The van der Waals surface area contributed by atoms with Crippen LogP contribution in [0.4, 0.5) is 0 Å². The molecule has 0 fully saturated rings. The fraction of sp³-hybridized carbons (Fsp3) is 0.318. The zero-order valence-electron chi connectivity index (χ0n) is 17.0. The zero-order valence-corrected chi connectivity index (χ0v) is 17.0. The van der Waals surface area contributed by atoms with E-state index < -0.39 is 0 Å². The topological polar surface area (TPSA) is 89.7 Å². The molecule has 0 radical (unpaired) electrons. The van der Waals surface area contributed by atoms with Crippen molar-refractivity contribution in [3.05, 3.63) is 71.4 Å². The number of ether oxygens (including phenoxy) is 2. The van der Waals surface area contributed by atoms with Crippen molar-refractivity contribution in [2.45, 2.75) is 32.2 Å². The quantitative estimate of drug-likeness (QED) is 0.642. The summed E-state index contributed by atoms with van der Waals surface area (Å²) in [5, 5.41) is 6.76. The molecule has 0 spiro atoms. The van der Waals surface area contributed by atoms with Gasteiger partial charge in [-0.15, -0.1) is 0 Å². The largest absolute Gasteiger partial charge is 0.497 e. The lowest BCUT2D eigenvalue weighted by atomic mass is 9.93. The number of hydrogen-bond acceptors (Lipinski definition) is 7. The summed E-state index contributed by atoms with van der Waals surface area (Å²) in [6.45, 7) is 1.23. The number of fused-ring (bicyclic) bond motifs is 1. The van der Waals surface area contributed by atoms with Crippen LogP contribution in [0.25, 0.3) is 0 Å². The molecule has 2 aromatic carbocycles. The van der Waals surface area contributed by atoms with E-state index in [0.717, 1.165) is 5.75 Å². The average Bonchev–Trinajstić information content (AvgIpc) is 3.24. The van der Waals surface area contributed by atoms with Crippen LogP contribution in [0.15, 0.2) is 53.1 Å². The average molecular weight is 408 g/mol. The van der Waals surface area contributed by atoms with Crippen LogP contribution >= 0.6 is 0 Å². The molecule has 1 amide bonds. The predicted molar refractivity (Wildman–Crippen MR) is 109 cm³/mol. The lowest BCUT2D eigenvalue weighted by Crippen LogP contribution is -2.49. The summed E-state index contributed by atoms with van der Waals surface area (Å²) in [4.78, 5) is 18.9. The second kappa shape index (κ2) is 8.96. The van der Waals surface area contributed by atoms with E-state index in [-0.39, 0.29) is 18.6 Å². The number of hydrogen-bond donors (Lipinski definition) is 1. The van der Waals surface area contributed by atoms with Gasteiger partial charge in [0.1, 0.15) is 11.5 Å². The Labute approximate surface area is 174 Å². The van der Waals surface area contributed by atoms with Gasteiger partial charge in [0.2, 0.25) is 17.6 Å². The number of likely N-dealkylation sites (N-methyl/N-ethyl adjacent to an activating group) is 1. The second-order valence-corrected chi connectivity index (χ2v) is 7.08. The molecule has 8 nitrogen and oxygen atoms in total. The summed E-state index contributed by atoms with van der Waals surface area (Å²) >= 11 is 0. The fourth-order valence-electron chi connectivity index (χ4n) is 3.58. The Morgan fingerprint density at radius 1 is 1.17 bits per heavy atom. The molecule has 2 heterocycles. The maximum absolute atomic E-state index is 12.4. The molecular weight excluding hydrogens is 384 g/mol. The maximum Gasteiger partial charge on any atom is 0.240 e. The van der Waals surface area contributed by atoms with Gasteiger partial charge in [-0.25, -0.2) is 0 Å². The van der Waals surface area contributed by atoms with Crippen LogP contribution in [0.3, 0.4) is 0 Å². The van der Waals surface area contributed by atoms with Crippen LogP contribution in [0, 0.1) is 0 Å². The molecule has 0 aliphatic carbocycles. The Bertz CT molecular complexity index is 1000. The van der Waals surface area contributed by atoms with E-state index in [9.17, 15) is 4.79 Å². The number of nitrogens with zero attached hydrogens (tertiary/aromatic N) is 3. The van der Waals surface area contributed by atoms with E-state index >= 15 is 0 Å². The molecule has 1 N–H and O–H groups in total. The molecule has 3 aromatic rings. The summed E-state index contributed by atoms with van der Waals surface area (Å²) in [6, 6.07) is 15.2. The van der Waals surface area contributed by atoms with E-state index in [0.29, 0.717) is 37.0 Å². The molecule has 156 valence electrons. The molecule has 1 aliphatic rings. The minimum atomic E-state index is -0.282. The lowest BCUT2D eigenvalue weighted by Gasteiger charge is -2.34. The number of carbonyl (C=O) groups is 1. The SMILES string of the molecule is CNC(=O)C1Cc2ccccc2CN1Cc1nc(COc2ccc(OC)cc2)no1. The van der Waals surface area contributed by atoms with Crippen molar-refractivity contribution in [3.63, 3.8) is 0 Å². The standard InChI is InChI=1S/C22H24N4O4/c1-23-22(27)19-11-15-5-3-4-6-16(15)12-26(19)13-21-24-20(25-30-21)14-29-18-9-7-17(28-2)8-10-18/h3-10,19H,11-14H2,1-2H3,(H,23,27). The Hall–Kier alpha value is -3.39. The van der Waals surface area contributed by atoms with Gasteiger partial charge >= 0.3 is 0 Å². The molecule has 1 aliphatic heterocycles. The summed E-state index contributed by atoms with van der Waals surface area (Å²) < 4.78 is 16.2.